The van der Waals surface area contributed by atoms with Gasteiger partial charge >= 0.3 is 0 Å². The van der Waals surface area contributed by atoms with Crippen molar-refractivity contribution in [1.82, 2.24) is 4.57 Å². The second kappa shape index (κ2) is 5.17. The molecule has 2 aromatic rings. The molecule has 0 saturated carbocycles. The lowest BCUT2D eigenvalue weighted by molar-refractivity contribution is 0.0891. The van der Waals surface area contributed by atoms with E-state index in [9.17, 15) is 4.79 Å². The molecule has 0 saturated heterocycles. The van der Waals surface area contributed by atoms with Gasteiger partial charge in [-0.3, -0.25) is 9.79 Å². The molecule has 1 unspecified atom stereocenters. The van der Waals surface area contributed by atoms with E-state index >= 15 is 0 Å². The van der Waals surface area contributed by atoms with Crippen LogP contribution in [0, 0.1) is 11.8 Å². The summed E-state index contributed by atoms with van der Waals surface area (Å²) >= 11 is 0. The number of carbonyl (C=O) groups is 1. The number of benzene rings is 1. The van der Waals surface area contributed by atoms with E-state index in [0.29, 0.717) is 11.7 Å². The van der Waals surface area contributed by atoms with Crippen molar-refractivity contribution in [1.29, 1.82) is 0 Å². The van der Waals surface area contributed by atoms with Crippen LogP contribution in [0.1, 0.15) is 47.8 Å². The first kappa shape index (κ1) is 14.2. The zero-order valence-corrected chi connectivity index (χ0v) is 14.1. The van der Waals surface area contributed by atoms with E-state index in [1.165, 1.54) is 28.6 Å². The molecule has 0 radical (unpaired) electrons. The number of carbonyl (C=O) groups excluding carboxylic acids is 1. The summed E-state index contributed by atoms with van der Waals surface area (Å²) in [5, 5.41) is 1.20. The third kappa shape index (κ3) is 1.90. The SMILES string of the molecule is CC1=NC=CC1C[C@H]1CCc2c(c3cccc4c3n2CCC4)C1=O. The smallest absolute Gasteiger partial charge is 0.168 e. The number of rotatable bonds is 2. The Morgan fingerprint density at radius 1 is 1.29 bits per heavy atom. The van der Waals surface area contributed by atoms with Crippen molar-refractivity contribution in [2.45, 2.75) is 45.6 Å². The standard InChI is InChI=1S/C21H22N2O/c1-13-15(9-10-22-13)12-16-7-8-18-19(21(16)24)17-6-2-4-14-5-3-11-23(18)20(14)17/h2,4,6,9-10,15-16H,3,5,7-8,11-12H2,1H3/t15?,16-/m1/s1. The van der Waals surface area contributed by atoms with Gasteiger partial charge < -0.3 is 4.57 Å². The zero-order chi connectivity index (χ0) is 16.3. The van der Waals surface area contributed by atoms with Crippen LogP contribution in [0.25, 0.3) is 10.9 Å². The molecule has 0 fully saturated rings. The molecule has 0 bridgehead atoms. The highest BCUT2D eigenvalue weighted by Gasteiger charge is 2.35. The summed E-state index contributed by atoms with van der Waals surface area (Å²) in [6.45, 7) is 3.14. The molecule has 122 valence electrons. The van der Waals surface area contributed by atoms with Crippen LogP contribution in [-0.2, 0) is 19.4 Å². The number of para-hydroxylation sites is 1. The van der Waals surface area contributed by atoms with Crippen LogP contribution in [-0.4, -0.2) is 16.1 Å². The summed E-state index contributed by atoms with van der Waals surface area (Å²) in [6.07, 6.45) is 9.29. The van der Waals surface area contributed by atoms with Gasteiger partial charge in [-0.25, -0.2) is 0 Å². The Hall–Kier alpha value is -2.16. The number of hydrogen-bond donors (Lipinski definition) is 0. The van der Waals surface area contributed by atoms with Gasteiger partial charge in [-0.2, -0.15) is 0 Å². The summed E-state index contributed by atoms with van der Waals surface area (Å²) in [5.41, 5.74) is 6.23. The molecule has 2 atom stereocenters. The van der Waals surface area contributed by atoms with Gasteiger partial charge in [0.1, 0.15) is 0 Å². The maximum absolute atomic E-state index is 13.3. The molecular weight excluding hydrogens is 296 g/mol. The summed E-state index contributed by atoms with van der Waals surface area (Å²) in [4.78, 5) is 17.7. The fraction of sp³-hybridized carbons (Fsp3) is 0.429. The van der Waals surface area contributed by atoms with Crippen LogP contribution in [0.5, 0.6) is 0 Å². The molecule has 0 spiro atoms. The zero-order valence-electron chi connectivity index (χ0n) is 14.1. The second-order valence-corrected chi connectivity index (χ2v) is 7.44. The highest BCUT2D eigenvalue weighted by atomic mass is 16.1. The van der Waals surface area contributed by atoms with Crippen LogP contribution in [0.2, 0.25) is 0 Å². The van der Waals surface area contributed by atoms with E-state index < -0.39 is 0 Å². The topological polar surface area (TPSA) is 34.4 Å². The van der Waals surface area contributed by atoms with Crippen molar-refractivity contribution < 1.29 is 4.79 Å². The molecule has 3 heteroatoms. The molecule has 3 aliphatic rings. The quantitative estimate of drug-likeness (QED) is 0.811. The largest absolute Gasteiger partial charge is 0.344 e. The number of aromatic nitrogens is 1. The van der Waals surface area contributed by atoms with E-state index in [-0.39, 0.29) is 5.92 Å². The number of nitrogens with zero attached hydrogens (tertiary/aromatic N) is 2. The molecule has 0 amide bonds. The predicted molar refractivity (Wildman–Crippen MR) is 96.8 cm³/mol. The van der Waals surface area contributed by atoms with Crippen molar-refractivity contribution in [2.75, 3.05) is 0 Å². The van der Waals surface area contributed by atoms with Crippen LogP contribution >= 0.6 is 0 Å². The molecular formula is C21H22N2O. The fourth-order valence-electron chi connectivity index (χ4n) is 4.87. The number of fused-ring (bicyclic) bond motifs is 3. The molecule has 2 aliphatic heterocycles. The van der Waals surface area contributed by atoms with Gasteiger partial charge in [-0.15, -0.1) is 0 Å². The number of allylic oxidation sites excluding steroid dienone is 1. The lowest BCUT2D eigenvalue weighted by Crippen LogP contribution is -2.26. The van der Waals surface area contributed by atoms with Crippen LogP contribution < -0.4 is 0 Å². The first-order valence-corrected chi connectivity index (χ1v) is 9.12. The Labute approximate surface area is 142 Å². The third-order valence-electron chi connectivity index (χ3n) is 6.12. The van der Waals surface area contributed by atoms with E-state index in [1.54, 1.807) is 0 Å². The van der Waals surface area contributed by atoms with Gasteiger partial charge in [0.15, 0.2) is 5.78 Å². The molecule has 1 aromatic carbocycles. The average Bonchev–Trinajstić information content (AvgIpc) is 3.15. The van der Waals surface area contributed by atoms with Crippen LogP contribution in [0.3, 0.4) is 0 Å². The van der Waals surface area contributed by atoms with E-state index in [1.807, 2.05) is 6.20 Å². The number of ketones is 1. The maximum atomic E-state index is 13.3. The molecule has 1 aliphatic carbocycles. The molecule has 0 N–H and O–H groups in total. The van der Waals surface area contributed by atoms with Crippen molar-refractivity contribution in [3.63, 3.8) is 0 Å². The van der Waals surface area contributed by atoms with Crippen molar-refractivity contribution in [3.05, 3.63) is 47.3 Å². The van der Waals surface area contributed by atoms with Gasteiger partial charge in [0.05, 0.1) is 5.52 Å². The molecule has 5 rings (SSSR count). The predicted octanol–water partition coefficient (Wildman–Crippen LogP) is 4.33. The Morgan fingerprint density at radius 3 is 3.04 bits per heavy atom. The molecule has 1 aromatic heterocycles. The lowest BCUT2D eigenvalue weighted by atomic mass is 9.79. The highest BCUT2D eigenvalue weighted by molar-refractivity contribution is 6.12. The normalized spacial score (nSPS) is 25.2. The first-order chi connectivity index (χ1) is 11.7. The van der Waals surface area contributed by atoms with Gasteiger partial charge in [0.25, 0.3) is 0 Å². The van der Waals surface area contributed by atoms with E-state index in [4.69, 9.17) is 0 Å². The number of aryl methyl sites for hydroxylation is 2. The van der Waals surface area contributed by atoms with Gasteiger partial charge in [0.2, 0.25) is 0 Å². The monoisotopic (exact) mass is 318 g/mol. The Morgan fingerprint density at radius 2 is 2.21 bits per heavy atom. The minimum absolute atomic E-state index is 0.138. The number of aliphatic imine (C=N–C) groups is 1. The summed E-state index contributed by atoms with van der Waals surface area (Å²) in [5.74, 6) is 0.853. The Bertz CT molecular complexity index is 916. The van der Waals surface area contributed by atoms with Crippen molar-refractivity contribution in [2.24, 2.45) is 16.8 Å². The average molecular weight is 318 g/mol. The first-order valence-electron chi connectivity index (χ1n) is 9.12. The van der Waals surface area contributed by atoms with Crippen molar-refractivity contribution in [3.8, 4) is 0 Å². The molecule has 24 heavy (non-hydrogen) atoms. The summed E-state index contributed by atoms with van der Waals surface area (Å²) in [7, 11) is 0. The number of Topliss-reactive ketones (excluding diaryl/α,β-unsaturated/α-hetero) is 1. The Kier molecular flexibility index (Phi) is 3.06. The van der Waals surface area contributed by atoms with Crippen LogP contribution in [0.15, 0.2) is 35.5 Å². The lowest BCUT2D eigenvalue weighted by Gasteiger charge is -2.25. The molecule has 3 heterocycles. The van der Waals surface area contributed by atoms with Gasteiger partial charge in [0, 0.05) is 46.9 Å². The minimum atomic E-state index is 0.138. The highest BCUT2D eigenvalue weighted by Crippen LogP contribution is 2.39. The summed E-state index contributed by atoms with van der Waals surface area (Å²) < 4.78 is 2.44. The number of hydrogen-bond acceptors (Lipinski definition) is 2. The van der Waals surface area contributed by atoms with Gasteiger partial charge in [-0.1, -0.05) is 24.3 Å². The van der Waals surface area contributed by atoms with Crippen LogP contribution in [0.4, 0.5) is 0 Å². The van der Waals surface area contributed by atoms with Crippen molar-refractivity contribution >= 4 is 22.4 Å². The fourth-order valence-corrected chi connectivity index (χ4v) is 4.87. The third-order valence-corrected chi connectivity index (χ3v) is 6.12. The minimum Gasteiger partial charge on any atom is -0.344 e. The summed E-state index contributed by atoms with van der Waals surface area (Å²) in [6, 6.07) is 6.51. The van der Waals surface area contributed by atoms with Gasteiger partial charge in [-0.05, 0) is 44.6 Å². The second-order valence-electron chi connectivity index (χ2n) is 7.44. The maximum Gasteiger partial charge on any atom is 0.168 e. The van der Waals surface area contributed by atoms with E-state index in [0.717, 1.165) is 43.5 Å². The Balaban J connectivity index is 1.58. The van der Waals surface area contributed by atoms with E-state index in [2.05, 4.69) is 40.8 Å². The molecule has 3 nitrogen and oxygen atoms in total.